The van der Waals surface area contributed by atoms with Crippen LogP contribution in [0.15, 0.2) is 23.3 Å². The summed E-state index contributed by atoms with van der Waals surface area (Å²) in [5, 5.41) is 34.1. The maximum Gasteiger partial charge on any atom is 0.333 e. The van der Waals surface area contributed by atoms with Gasteiger partial charge in [-0.05, 0) is 104 Å². The van der Waals surface area contributed by atoms with E-state index in [1.54, 1.807) is 41.1 Å². The summed E-state index contributed by atoms with van der Waals surface area (Å²) in [6, 6.07) is 0. The van der Waals surface area contributed by atoms with Crippen molar-refractivity contribution in [2.75, 3.05) is 21.3 Å². The molecule has 6 fully saturated rings. The summed E-state index contributed by atoms with van der Waals surface area (Å²) in [5.41, 5.74) is -0.439. The fourth-order valence-electron chi connectivity index (χ4n) is 12.8. The molecule has 21 atom stereocenters. The third-order valence-electron chi connectivity index (χ3n) is 16.6. The number of Topliss-reactive ketones (excluding diaryl/α,β-unsaturated/α-hetero) is 1. The molecule has 0 spiro atoms. The van der Waals surface area contributed by atoms with Crippen molar-refractivity contribution in [2.24, 2.45) is 28.6 Å². The smallest absolute Gasteiger partial charge is 0.333 e. The summed E-state index contributed by atoms with van der Waals surface area (Å²) in [7, 11) is 4.68. The van der Waals surface area contributed by atoms with Crippen LogP contribution in [0.25, 0.3) is 0 Å². The zero-order valence-corrected chi connectivity index (χ0v) is 38.7. The molecule has 0 aromatic carbocycles. The van der Waals surface area contributed by atoms with Gasteiger partial charge in [0.05, 0.1) is 42.2 Å². The lowest BCUT2D eigenvalue weighted by Gasteiger charge is -2.63. The van der Waals surface area contributed by atoms with Gasteiger partial charge in [0.25, 0.3) is 0 Å². The number of aliphatic hydroxyl groups is 3. The van der Waals surface area contributed by atoms with Gasteiger partial charge < -0.3 is 62.7 Å². The highest BCUT2D eigenvalue weighted by atomic mass is 16.8. The van der Waals surface area contributed by atoms with Gasteiger partial charge in [-0.2, -0.15) is 0 Å². The standard InChI is InChI=1S/C47H74O15/c1-12-23(2)43(51)60-35-20-32-31(47(52)18-16-30(24(3)48)46(35,47)8)14-13-28-19-29(15-17-45(28,32)7)59-36-21-33(53-9)40(26(5)56-36)61-37-22-34(54-10)41(27(6)57-37)62-44-39(50)42(55-11)38(49)25(4)58-44/h12-13,25-27,29-42,44,49-50,52H,14-22H2,1-11H3/b23-12+/t25?,26?,27?,29-,30+,31+,32-,33+,34+,35+,36-,37-,38+,39?,40+,41+,42+,44-,45-,46-,47-/m0/s1. The molecule has 4 aliphatic carbocycles. The first-order valence-electron chi connectivity index (χ1n) is 23.0. The van der Waals surface area contributed by atoms with Crippen LogP contribution in [-0.4, -0.2) is 146 Å². The van der Waals surface area contributed by atoms with Crippen LogP contribution in [-0.2, 0) is 57.0 Å². The van der Waals surface area contributed by atoms with Crippen molar-refractivity contribution < 1.29 is 72.3 Å². The number of fused-ring (bicyclic) bond motifs is 5. The SMILES string of the molecule is C/C=C(\C)C(=O)O[C@@H]1C[C@H]2[C@@H](CC=C3C[C@@H](O[C@H]4C[C@@H](OC)[C@H](O[C@H]5C[C@@H](OC)[C@H](O[C@@H]6OC(C)[C@@H](O)[C@@H](OC)C6O)C(C)O5)C(C)O4)CC[C@@]32C)[C@@]2(O)CC[C@H](C(C)=O)[C@@]12C. The van der Waals surface area contributed by atoms with E-state index in [1.807, 2.05) is 27.7 Å². The van der Waals surface area contributed by atoms with Gasteiger partial charge in [0.2, 0.25) is 0 Å². The second kappa shape index (κ2) is 18.8. The molecule has 0 bridgehead atoms. The topological polar surface area (TPSA) is 187 Å². The van der Waals surface area contributed by atoms with Crippen molar-refractivity contribution in [3.63, 3.8) is 0 Å². The Hall–Kier alpha value is -1.86. The minimum atomic E-state index is -1.22. The number of carbonyl (C=O) groups is 2. The average Bonchev–Trinajstić information content (AvgIpc) is 3.53. The highest BCUT2D eigenvalue weighted by molar-refractivity contribution is 5.88. The van der Waals surface area contributed by atoms with Gasteiger partial charge in [0, 0.05) is 51.1 Å². The largest absolute Gasteiger partial charge is 0.458 e. The Balaban J connectivity index is 0.980. The molecular formula is C47H74O15. The molecule has 3 saturated heterocycles. The third-order valence-corrected chi connectivity index (χ3v) is 16.6. The predicted octanol–water partition coefficient (Wildman–Crippen LogP) is 4.69. The average molecular weight is 879 g/mol. The highest BCUT2D eigenvalue weighted by Gasteiger charge is 2.71. The Labute approximate surface area is 367 Å². The number of ether oxygens (including phenoxy) is 10. The highest BCUT2D eigenvalue weighted by Crippen LogP contribution is 2.68. The number of hydrogen-bond donors (Lipinski definition) is 3. The van der Waals surface area contributed by atoms with Crippen molar-refractivity contribution in [1.29, 1.82) is 0 Å². The lowest BCUT2D eigenvalue weighted by atomic mass is 9.45. The summed E-state index contributed by atoms with van der Waals surface area (Å²) in [6.45, 7) is 15.0. The van der Waals surface area contributed by atoms with Crippen LogP contribution in [0.2, 0.25) is 0 Å². The van der Waals surface area contributed by atoms with Crippen molar-refractivity contribution >= 4 is 11.8 Å². The number of carbonyl (C=O) groups excluding carboxylic acids is 2. The molecular weight excluding hydrogens is 805 g/mol. The molecule has 3 heterocycles. The molecule has 0 amide bonds. The van der Waals surface area contributed by atoms with Crippen LogP contribution in [0.5, 0.6) is 0 Å². The normalized spacial score (nSPS) is 49.6. The molecule has 7 aliphatic rings. The van der Waals surface area contributed by atoms with E-state index >= 15 is 0 Å². The van der Waals surface area contributed by atoms with Gasteiger partial charge in [0.1, 0.15) is 42.4 Å². The van der Waals surface area contributed by atoms with Crippen LogP contribution in [0.3, 0.4) is 0 Å². The number of rotatable bonds is 12. The molecule has 62 heavy (non-hydrogen) atoms. The molecule has 4 unspecified atom stereocenters. The molecule has 3 aliphatic heterocycles. The van der Waals surface area contributed by atoms with Crippen molar-refractivity contribution in [3.05, 3.63) is 23.3 Å². The fourth-order valence-corrected chi connectivity index (χ4v) is 12.8. The molecule has 352 valence electrons. The quantitative estimate of drug-likeness (QED) is 0.139. The van der Waals surface area contributed by atoms with E-state index in [-0.39, 0.29) is 41.2 Å². The molecule has 15 heteroatoms. The monoisotopic (exact) mass is 879 g/mol. The van der Waals surface area contributed by atoms with Gasteiger partial charge in [-0.15, -0.1) is 0 Å². The van der Waals surface area contributed by atoms with Gasteiger partial charge in [0.15, 0.2) is 18.9 Å². The zero-order chi connectivity index (χ0) is 45.1. The Morgan fingerprint density at radius 3 is 2.00 bits per heavy atom. The van der Waals surface area contributed by atoms with E-state index < -0.39 is 96.9 Å². The first-order valence-corrected chi connectivity index (χ1v) is 23.0. The van der Waals surface area contributed by atoms with E-state index in [0.717, 1.165) is 19.3 Å². The number of esters is 1. The first-order chi connectivity index (χ1) is 29.3. The van der Waals surface area contributed by atoms with Crippen molar-refractivity contribution in [1.82, 2.24) is 0 Å². The molecule has 7 rings (SSSR count). The Morgan fingerprint density at radius 1 is 0.774 bits per heavy atom. The van der Waals surface area contributed by atoms with Crippen LogP contribution < -0.4 is 0 Å². The number of hydrogen-bond acceptors (Lipinski definition) is 15. The summed E-state index contributed by atoms with van der Waals surface area (Å²) in [5.74, 6) is -0.727. The molecule has 0 aromatic rings. The molecule has 0 aromatic heterocycles. The minimum absolute atomic E-state index is 0.0391. The summed E-state index contributed by atoms with van der Waals surface area (Å²) in [6.07, 6.45) is 0.173. The maximum absolute atomic E-state index is 13.3. The van der Waals surface area contributed by atoms with Crippen LogP contribution >= 0.6 is 0 Å². The fraction of sp³-hybridized carbons (Fsp3) is 0.872. The first kappa shape index (κ1) is 48.1. The van der Waals surface area contributed by atoms with Crippen molar-refractivity contribution in [3.8, 4) is 0 Å². The van der Waals surface area contributed by atoms with E-state index in [9.17, 15) is 24.9 Å². The number of ketones is 1. The van der Waals surface area contributed by atoms with E-state index in [1.165, 1.54) is 12.7 Å². The van der Waals surface area contributed by atoms with E-state index in [2.05, 4.69) is 13.0 Å². The lowest BCUT2D eigenvalue weighted by molar-refractivity contribution is -0.352. The third kappa shape index (κ3) is 8.42. The van der Waals surface area contributed by atoms with Gasteiger partial charge in [-0.25, -0.2) is 4.79 Å². The van der Waals surface area contributed by atoms with Gasteiger partial charge in [-0.1, -0.05) is 31.6 Å². The Morgan fingerprint density at radius 2 is 1.40 bits per heavy atom. The van der Waals surface area contributed by atoms with Crippen molar-refractivity contribution in [2.45, 2.75) is 211 Å². The number of aliphatic hydroxyl groups excluding tert-OH is 2. The molecule has 15 nitrogen and oxygen atoms in total. The Kier molecular flexibility index (Phi) is 14.6. The van der Waals surface area contributed by atoms with Gasteiger partial charge in [-0.3, -0.25) is 4.79 Å². The maximum atomic E-state index is 13.3. The van der Waals surface area contributed by atoms with Crippen LogP contribution in [0, 0.1) is 28.6 Å². The molecule has 0 radical (unpaired) electrons. The summed E-state index contributed by atoms with van der Waals surface area (Å²) < 4.78 is 61.8. The number of allylic oxidation sites excluding steroid dienone is 2. The van der Waals surface area contributed by atoms with E-state index in [0.29, 0.717) is 44.1 Å². The molecule has 3 N–H and O–H groups in total. The van der Waals surface area contributed by atoms with E-state index in [4.69, 9.17) is 47.4 Å². The van der Waals surface area contributed by atoms with Crippen LogP contribution in [0.4, 0.5) is 0 Å². The summed E-state index contributed by atoms with van der Waals surface area (Å²) in [4.78, 5) is 26.4. The Bertz CT molecular complexity index is 1670. The zero-order valence-electron chi connectivity index (χ0n) is 38.7. The number of methoxy groups -OCH3 is 3. The minimum Gasteiger partial charge on any atom is -0.458 e. The summed E-state index contributed by atoms with van der Waals surface area (Å²) >= 11 is 0. The van der Waals surface area contributed by atoms with Gasteiger partial charge >= 0.3 is 5.97 Å². The molecule has 3 saturated carbocycles. The second-order valence-electron chi connectivity index (χ2n) is 19.8. The van der Waals surface area contributed by atoms with Crippen LogP contribution in [0.1, 0.15) is 113 Å². The lowest BCUT2D eigenvalue weighted by Crippen LogP contribution is -2.66. The predicted molar refractivity (Wildman–Crippen MR) is 223 cm³/mol. The second-order valence-corrected chi connectivity index (χ2v) is 19.8.